The third kappa shape index (κ3) is 3.09. The van der Waals surface area contributed by atoms with Gasteiger partial charge in [-0.1, -0.05) is 44.4 Å². The van der Waals surface area contributed by atoms with Crippen molar-refractivity contribution >= 4 is 0 Å². The van der Waals surface area contributed by atoms with Crippen LogP contribution in [0.2, 0.25) is 0 Å². The fourth-order valence-electron chi connectivity index (χ4n) is 4.16. The largest absolute Gasteiger partial charge is 0.328 e. The van der Waals surface area contributed by atoms with Gasteiger partial charge in [-0.15, -0.1) is 0 Å². The fraction of sp³-hybridized carbons (Fsp3) is 0.684. The van der Waals surface area contributed by atoms with E-state index >= 15 is 0 Å². The van der Waals surface area contributed by atoms with Crippen molar-refractivity contribution in [3.05, 3.63) is 34.9 Å². The maximum absolute atomic E-state index is 6.06. The van der Waals surface area contributed by atoms with Gasteiger partial charge in [0.25, 0.3) is 0 Å². The van der Waals surface area contributed by atoms with Gasteiger partial charge in [0.15, 0.2) is 0 Å². The Hall–Kier alpha value is -0.820. The summed E-state index contributed by atoms with van der Waals surface area (Å²) < 4.78 is 0. The highest BCUT2D eigenvalue weighted by molar-refractivity contribution is 5.36. The van der Waals surface area contributed by atoms with Gasteiger partial charge in [0.05, 0.1) is 0 Å². The SMILES string of the molecule is CCCCC1CCc2cc(C3CCC(N)C3)ccc2C1. The van der Waals surface area contributed by atoms with Crippen molar-refractivity contribution in [2.75, 3.05) is 0 Å². The average Bonchev–Trinajstić information content (AvgIpc) is 2.91. The minimum Gasteiger partial charge on any atom is -0.328 e. The van der Waals surface area contributed by atoms with Gasteiger partial charge in [-0.25, -0.2) is 0 Å². The summed E-state index contributed by atoms with van der Waals surface area (Å²) in [4.78, 5) is 0. The van der Waals surface area contributed by atoms with Crippen molar-refractivity contribution in [2.24, 2.45) is 11.7 Å². The van der Waals surface area contributed by atoms with Crippen LogP contribution in [0.25, 0.3) is 0 Å². The first-order valence-corrected chi connectivity index (χ1v) is 8.63. The van der Waals surface area contributed by atoms with Gasteiger partial charge in [0.1, 0.15) is 0 Å². The zero-order valence-corrected chi connectivity index (χ0v) is 12.9. The third-order valence-electron chi connectivity index (χ3n) is 5.47. The molecule has 20 heavy (non-hydrogen) atoms. The molecule has 3 rings (SSSR count). The van der Waals surface area contributed by atoms with Crippen LogP contribution in [-0.2, 0) is 12.8 Å². The molecule has 0 radical (unpaired) electrons. The van der Waals surface area contributed by atoms with Crippen molar-refractivity contribution in [1.29, 1.82) is 0 Å². The molecule has 0 aliphatic heterocycles. The highest BCUT2D eigenvalue weighted by atomic mass is 14.6. The minimum atomic E-state index is 0.439. The first kappa shape index (κ1) is 14.1. The molecular weight excluding hydrogens is 242 g/mol. The topological polar surface area (TPSA) is 26.0 Å². The molecule has 0 spiro atoms. The second-order valence-corrected chi connectivity index (χ2v) is 7.05. The number of hydrogen-bond acceptors (Lipinski definition) is 1. The molecule has 0 bridgehead atoms. The highest BCUT2D eigenvalue weighted by Crippen LogP contribution is 2.36. The van der Waals surface area contributed by atoms with Gasteiger partial charge in [-0.3, -0.25) is 0 Å². The van der Waals surface area contributed by atoms with Crippen molar-refractivity contribution < 1.29 is 0 Å². The van der Waals surface area contributed by atoms with Crippen LogP contribution in [0.4, 0.5) is 0 Å². The van der Waals surface area contributed by atoms with Crippen LogP contribution in [0.3, 0.4) is 0 Å². The normalized spacial score (nSPS) is 29.4. The number of unbranched alkanes of at least 4 members (excludes halogenated alkanes) is 1. The van der Waals surface area contributed by atoms with Crippen LogP contribution in [-0.4, -0.2) is 6.04 Å². The highest BCUT2D eigenvalue weighted by Gasteiger charge is 2.25. The summed E-state index contributed by atoms with van der Waals surface area (Å²) in [6.45, 7) is 2.30. The van der Waals surface area contributed by atoms with Crippen molar-refractivity contribution in [3.63, 3.8) is 0 Å². The molecule has 3 atom stereocenters. The molecule has 1 aromatic rings. The molecule has 2 N–H and O–H groups in total. The Kier molecular flexibility index (Phi) is 4.45. The molecule has 2 aliphatic rings. The second kappa shape index (κ2) is 6.30. The van der Waals surface area contributed by atoms with E-state index in [1.165, 1.54) is 57.8 Å². The maximum atomic E-state index is 6.06. The van der Waals surface area contributed by atoms with Gasteiger partial charge in [0, 0.05) is 6.04 Å². The first-order chi connectivity index (χ1) is 9.76. The van der Waals surface area contributed by atoms with Gasteiger partial charge < -0.3 is 5.73 Å². The lowest BCUT2D eigenvalue weighted by Crippen LogP contribution is -2.16. The Morgan fingerprint density at radius 1 is 1.15 bits per heavy atom. The molecule has 1 aromatic carbocycles. The lowest BCUT2D eigenvalue weighted by atomic mass is 9.80. The quantitative estimate of drug-likeness (QED) is 0.852. The zero-order valence-electron chi connectivity index (χ0n) is 12.9. The van der Waals surface area contributed by atoms with Crippen LogP contribution >= 0.6 is 0 Å². The van der Waals surface area contributed by atoms with E-state index in [1.807, 2.05) is 0 Å². The van der Waals surface area contributed by atoms with E-state index in [-0.39, 0.29) is 0 Å². The minimum absolute atomic E-state index is 0.439. The van der Waals surface area contributed by atoms with Gasteiger partial charge in [0.2, 0.25) is 0 Å². The summed E-state index contributed by atoms with van der Waals surface area (Å²) in [6, 6.07) is 7.76. The monoisotopic (exact) mass is 271 g/mol. The van der Waals surface area contributed by atoms with Crippen LogP contribution in [0, 0.1) is 5.92 Å². The molecule has 0 amide bonds. The van der Waals surface area contributed by atoms with E-state index in [4.69, 9.17) is 5.73 Å². The van der Waals surface area contributed by atoms with E-state index in [1.54, 1.807) is 16.7 Å². The molecule has 0 saturated heterocycles. The lowest BCUT2D eigenvalue weighted by molar-refractivity contribution is 0.412. The fourth-order valence-corrected chi connectivity index (χ4v) is 4.16. The number of nitrogens with two attached hydrogens (primary N) is 1. The zero-order chi connectivity index (χ0) is 13.9. The maximum Gasteiger partial charge on any atom is 0.00448 e. The predicted octanol–water partition coefficient (Wildman–Crippen LogP) is 4.58. The number of benzene rings is 1. The van der Waals surface area contributed by atoms with Crippen LogP contribution in [0.1, 0.15) is 74.5 Å². The number of hydrogen-bond donors (Lipinski definition) is 1. The van der Waals surface area contributed by atoms with Crippen molar-refractivity contribution in [1.82, 2.24) is 0 Å². The molecule has 1 fully saturated rings. The van der Waals surface area contributed by atoms with Crippen molar-refractivity contribution in [3.8, 4) is 0 Å². The number of aryl methyl sites for hydroxylation is 1. The van der Waals surface area contributed by atoms with Gasteiger partial charge in [-0.2, -0.15) is 0 Å². The van der Waals surface area contributed by atoms with Crippen LogP contribution in [0.5, 0.6) is 0 Å². The number of fused-ring (bicyclic) bond motifs is 1. The predicted molar refractivity (Wildman–Crippen MR) is 86.0 cm³/mol. The molecule has 3 unspecified atom stereocenters. The second-order valence-electron chi connectivity index (χ2n) is 7.05. The molecule has 2 aliphatic carbocycles. The Bertz CT molecular complexity index is 451. The average molecular weight is 271 g/mol. The smallest absolute Gasteiger partial charge is 0.00448 e. The molecule has 1 nitrogen and oxygen atoms in total. The van der Waals surface area contributed by atoms with E-state index in [2.05, 4.69) is 25.1 Å². The Labute approximate surface area is 124 Å². The van der Waals surface area contributed by atoms with Crippen molar-refractivity contribution in [2.45, 2.75) is 76.7 Å². The third-order valence-corrected chi connectivity index (χ3v) is 5.47. The summed E-state index contributed by atoms with van der Waals surface area (Å²) in [5, 5.41) is 0. The van der Waals surface area contributed by atoms with Gasteiger partial charge >= 0.3 is 0 Å². The Morgan fingerprint density at radius 3 is 2.80 bits per heavy atom. The molecule has 0 heterocycles. The summed E-state index contributed by atoms with van der Waals surface area (Å²) >= 11 is 0. The Morgan fingerprint density at radius 2 is 2.05 bits per heavy atom. The standard InChI is InChI=1S/C19H29N/c1-2-3-4-14-5-6-16-12-17(8-7-15(16)11-14)18-9-10-19(20)13-18/h7-8,12,14,18-19H,2-6,9-11,13,20H2,1H3. The molecule has 1 saturated carbocycles. The van der Waals surface area contributed by atoms with E-state index in [0.717, 1.165) is 11.8 Å². The van der Waals surface area contributed by atoms with E-state index < -0.39 is 0 Å². The first-order valence-electron chi connectivity index (χ1n) is 8.63. The van der Waals surface area contributed by atoms with Gasteiger partial charge in [-0.05, 0) is 67.1 Å². The van der Waals surface area contributed by atoms with Crippen LogP contribution < -0.4 is 5.73 Å². The molecular formula is C19H29N. The summed E-state index contributed by atoms with van der Waals surface area (Å²) in [6.07, 6.45) is 11.9. The summed E-state index contributed by atoms with van der Waals surface area (Å²) in [5.41, 5.74) is 10.9. The molecule has 110 valence electrons. The lowest BCUT2D eigenvalue weighted by Gasteiger charge is -2.26. The number of rotatable bonds is 4. The molecule has 1 heteroatoms. The Balaban J connectivity index is 1.68. The van der Waals surface area contributed by atoms with E-state index in [9.17, 15) is 0 Å². The molecule has 0 aromatic heterocycles. The summed E-state index contributed by atoms with van der Waals surface area (Å²) in [7, 11) is 0. The summed E-state index contributed by atoms with van der Waals surface area (Å²) in [5.74, 6) is 1.67. The van der Waals surface area contributed by atoms with Crippen LogP contribution in [0.15, 0.2) is 18.2 Å². The van der Waals surface area contributed by atoms with E-state index in [0.29, 0.717) is 6.04 Å².